The van der Waals surface area contributed by atoms with Gasteiger partial charge < -0.3 is 19.7 Å². The van der Waals surface area contributed by atoms with Crippen molar-refractivity contribution in [2.45, 2.75) is 50.6 Å². The smallest absolute Gasteiger partial charge is 0.264 e. The lowest BCUT2D eigenvalue weighted by molar-refractivity contribution is -0.139. The Hall–Kier alpha value is -3.76. The molecule has 11 heteroatoms. The predicted octanol–water partition coefficient (Wildman–Crippen LogP) is 4.93. The molecule has 0 radical (unpaired) electrons. The Morgan fingerprint density at radius 1 is 0.929 bits per heavy atom. The Labute approximate surface area is 253 Å². The first kappa shape index (κ1) is 32.8. The third kappa shape index (κ3) is 8.17. The second-order valence-electron chi connectivity index (χ2n) is 9.82. The van der Waals surface area contributed by atoms with Gasteiger partial charge >= 0.3 is 0 Å². The molecule has 0 aromatic heterocycles. The number of hydrogen-bond donors (Lipinski definition) is 1. The molecule has 3 aromatic rings. The maximum absolute atomic E-state index is 14.1. The van der Waals surface area contributed by atoms with Gasteiger partial charge in [-0.3, -0.25) is 13.9 Å². The molecule has 0 saturated heterocycles. The van der Waals surface area contributed by atoms with E-state index in [0.29, 0.717) is 17.2 Å². The molecule has 0 aliphatic rings. The number of anilines is 1. The summed E-state index contributed by atoms with van der Waals surface area (Å²) in [5.74, 6) is -0.261. The summed E-state index contributed by atoms with van der Waals surface area (Å²) in [6.45, 7) is 5.16. The molecule has 0 aliphatic carbocycles. The third-order valence-electron chi connectivity index (χ3n) is 6.99. The first-order valence-electron chi connectivity index (χ1n) is 13.7. The van der Waals surface area contributed by atoms with E-state index in [1.165, 1.54) is 49.5 Å². The highest BCUT2D eigenvalue weighted by Crippen LogP contribution is 2.32. The fraction of sp³-hybridized carbons (Fsp3) is 0.355. The number of methoxy groups -OCH3 is 2. The molecule has 0 spiro atoms. The van der Waals surface area contributed by atoms with Crippen LogP contribution in [0.3, 0.4) is 0 Å². The maximum Gasteiger partial charge on any atom is 0.264 e. The highest BCUT2D eigenvalue weighted by Gasteiger charge is 2.33. The highest BCUT2D eigenvalue weighted by molar-refractivity contribution is 7.92. The van der Waals surface area contributed by atoms with Crippen molar-refractivity contribution in [3.8, 4) is 11.5 Å². The summed E-state index contributed by atoms with van der Waals surface area (Å²) in [5.41, 5.74) is 1.22. The predicted molar refractivity (Wildman–Crippen MR) is 165 cm³/mol. The molecule has 0 aliphatic heterocycles. The van der Waals surface area contributed by atoms with Gasteiger partial charge in [-0.15, -0.1) is 0 Å². The van der Waals surface area contributed by atoms with Crippen LogP contribution in [0.5, 0.6) is 11.5 Å². The molecule has 2 amide bonds. The molecule has 2 atom stereocenters. The second kappa shape index (κ2) is 14.9. The van der Waals surface area contributed by atoms with Crippen molar-refractivity contribution in [1.29, 1.82) is 0 Å². The number of sulfonamides is 1. The lowest BCUT2D eigenvalue weighted by Gasteiger charge is -2.32. The topological polar surface area (TPSA) is 105 Å². The summed E-state index contributed by atoms with van der Waals surface area (Å²) in [7, 11) is -1.42. The quantitative estimate of drug-likeness (QED) is 0.276. The average molecular weight is 616 g/mol. The molecule has 9 nitrogen and oxygen atoms in total. The van der Waals surface area contributed by atoms with E-state index in [4.69, 9.17) is 21.1 Å². The molecule has 0 bridgehead atoms. The zero-order chi connectivity index (χ0) is 30.9. The lowest BCUT2D eigenvalue weighted by atomic mass is 10.1. The minimum atomic E-state index is -4.28. The number of benzene rings is 3. The van der Waals surface area contributed by atoms with E-state index < -0.39 is 28.5 Å². The van der Waals surface area contributed by atoms with Gasteiger partial charge in [0.25, 0.3) is 10.0 Å². The SMILES string of the molecule is CC[C@@H](C)NC(=O)[C@H](C)N(CCc1ccccc1)C(=O)CN(c1ccc(Cl)cc1)S(=O)(=O)c1ccc(OC)c(OC)c1. The van der Waals surface area contributed by atoms with Crippen LogP contribution < -0.4 is 19.1 Å². The van der Waals surface area contributed by atoms with E-state index >= 15 is 0 Å². The Balaban J connectivity index is 2.01. The number of rotatable bonds is 14. The molecular weight excluding hydrogens is 578 g/mol. The van der Waals surface area contributed by atoms with Crippen LogP contribution in [0.2, 0.25) is 5.02 Å². The van der Waals surface area contributed by atoms with Gasteiger partial charge in [-0.25, -0.2) is 8.42 Å². The van der Waals surface area contributed by atoms with Gasteiger partial charge in [0, 0.05) is 23.7 Å². The van der Waals surface area contributed by atoms with Gasteiger partial charge in [-0.2, -0.15) is 0 Å². The molecule has 3 rings (SSSR count). The highest BCUT2D eigenvalue weighted by atomic mass is 35.5. The van der Waals surface area contributed by atoms with E-state index in [0.717, 1.165) is 16.3 Å². The Morgan fingerprint density at radius 3 is 2.17 bits per heavy atom. The first-order chi connectivity index (χ1) is 20.0. The summed E-state index contributed by atoms with van der Waals surface area (Å²) in [6, 6.07) is 19.0. The molecule has 0 fully saturated rings. The van der Waals surface area contributed by atoms with Gasteiger partial charge in [0.1, 0.15) is 12.6 Å². The van der Waals surface area contributed by atoms with Gasteiger partial charge in [0.05, 0.1) is 24.8 Å². The van der Waals surface area contributed by atoms with Crippen LogP contribution in [-0.2, 0) is 26.0 Å². The normalized spacial score (nSPS) is 12.6. The molecule has 0 unspecified atom stereocenters. The van der Waals surface area contributed by atoms with Crippen LogP contribution in [0.1, 0.15) is 32.8 Å². The molecule has 42 heavy (non-hydrogen) atoms. The van der Waals surface area contributed by atoms with Crippen LogP contribution in [0.4, 0.5) is 5.69 Å². The Kier molecular flexibility index (Phi) is 11.6. The van der Waals surface area contributed by atoms with Crippen molar-refractivity contribution >= 4 is 39.1 Å². The lowest BCUT2D eigenvalue weighted by Crippen LogP contribution is -2.53. The molecule has 0 saturated carbocycles. The number of ether oxygens (including phenoxy) is 2. The monoisotopic (exact) mass is 615 g/mol. The molecule has 3 aromatic carbocycles. The van der Waals surface area contributed by atoms with Crippen molar-refractivity contribution in [3.05, 3.63) is 83.4 Å². The van der Waals surface area contributed by atoms with Crippen LogP contribution in [-0.4, -0.2) is 64.5 Å². The van der Waals surface area contributed by atoms with E-state index in [1.807, 2.05) is 44.2 Å². The van der Waals surface area contributed by atoms with Crippen LogP contribution in [0.15, 0.2) is 77.7 Å². The number of hydrogen-bond acceptors (Lipinski definition) is 6. The Morgan fingerprint density at radius 2 is 1.57 bits per heavy atom. The Bertz CT molecular complexity index is 1450. The van der Waals surface area contributed by atoms with Crippen molar-refractivity contribution in [2.24, 2.45) is 0 Å². The molecular formula is C31H38ClN3O6S. The van der Waals surface area contributed by atoms with Crippen molar-refractivity contribution in [3.63, 3.8) is 0 Å². The van der Waals surface area contributed by atoms with Gasteiger partial charge in [0.15, 0.2) is 11.5 Å². The van der Waals surface area contributed by atoms with Crippen LogP contribution in [0, 0.1) is 0 Å². The number of nitrogens with one attached hydrogen (secondary N) is 1. The minimum Gasteiger partial charge on any atom is -0.493 e. The largest absolute Gasteiger partial charge is 0.493 e. The number of amides is 2. The standard InChI is InChI=1S/C31H38ClN3O6S/c1-6-22(2)33-31(37)23(3)34(19-18-24-10-8-7-9-11-24)30(36)21-35(26-14-12-25(32)13-15-26)42(38,39)27-16-17-28(40-4)29(20-27)41-5/h7-17,20,22-23H,6,18-19,21H2,1-5H3,(H,33,37)/t22-,23+/m1/s1. The first-order valence-corrected chi connectivity index (χ1v) is 15.5. The molecule has 1 N–H and O–H groups in total. The van der Waals surface area contributed by atoms with Crippen LogP contribution in [0.25, 0.3) is 0 Å². The number of halogens is 1. The number of nitrogens with zero attached hydrogens (tertiary/aromatic N) is 2. The summed E-state index contributed by atoms with van der Waals surface area (Å²) in [5, 5.41) is 3.34. The summed E-state index contributed by atoms with van der Waals surface area (Å²) < 4.78 is 39.7. The maximum atomic E-state index is 14.1. The zero-order valence-electron chi connectivity index (χ0n) is 24.5. The molecule has 226 valence electrons. The van der Waals surface area contributed by atoms with E-state index in [2.05, 4.69) is 5.32 Å². The van der Waals surface area contributed by atoms with Gasteiger partial charge in [-0.1, -0.05) is 48.9 Å². The van der Waals surface area contributed by atoms with Gasteiger partial charge in [0.2, 0.25) is 11.8 Å². The summed E-state index contributed by atoms with van der Waals surface area (Å²) in [6.07, 6.45) is 1.21. The number of carbonyl (C=O) groups excluding carboxylic acids is 2. The van der Waals surface area contributed by atoms with E-state index in [-0.39, 0.29) is 34.8 Å². The fourth-order valence-corrected chi connectivity index (χ4v) is 5.83. The van der Waals surface area contributed by atoms with E-state index in [9.17, 15) is 18.0 Å². The molecule has 0 heterocycles. The minimum absolute atomic E-state index is 0.0815. The summed E-state index contributed by atoms with van der Waals surface area (Å²) in [4.78, 5) is 28.5. The number of carbonyl (C=O) groups is 2. The van der Waals surface area contributed by atoms with Gasteiger partial charge in [-0.05, 0) is 68.7 Å². The van der Waals surface area contributed by atoms with Crippen molar-refractivity contribution < 1.29 is 27.5 Å². The van der Waals surface area contributed by atoms with Crippen molar-refractivity contribution in [1.82, 2.24) is 10.2 Å². The third-order valence-corrected chi connectivity index (χ3v) is 9.01. The van der Waals surface area contributed by atoms with Crippen molar-refractivity contribution in [2.75, 3.05) is 31.6 Å². The average Bonchev–Trinajstić information content (AvgIpc) is 3.00. The fourth-order valence-electron chi connectivity index (χ4n) is 4.28. The second-order valence-corrected chi connectivity index (χ2v) is 12.1. The summed E-state index contributed by atoms with van der Waals surface area (Å²) >= 11 is 6.09. The zero-order valence-corrected chi connectivity index (χ0v) is 26.1. The van der Waals surface area contributed by atoms with Crippen LogP contribution >= 0.6 is 11.6 Å². The van der Waals surface area contributed by atoms with E-state index in [1.54, 1.807) is 19.1 Å².